The molecule has 0 radical (unpaired) electrons. The van der Waals surface area contributed by atoms with Crippen LogP contribution in [-0.4, -0.2) is 38.9 Å². The summed E-state index contributed by atoms with van der Waals surface area (Å²) in [6.07, 6.45) is 9.85. The third-order valence-corrected chi connectivity index (χ3v) is 4.72. The minimum Gasteiger partial charge on any atom is -0.356 e. The zero-order valence-corrected chi connectivity index (χ0v) is 16.7. The van der Waals surface area contributed by atoms with Crippen LogP contribution >= 0.6 is 0 Å². The Hall–Kier alpha value is -3.09. The molecule has 0 saturated carbocycles. The summed E-state index contributed by atoms with van der Waals surface area (Å²) in [4.78, 5) is 8.59. The Morgan fingerprint density at radius 1 is 1.04 bits per heavy atom. The fourth-order valence-electron chi connectivity index (χ4n) is 3.11. The van der Waals surface area contributed by atoms with Crippen molar-refractivity contribution in [3.8, 4) is 0 Å². The number of hydrogen-bond donors (Lipinski definition) is 2. The molecule has 0 aliphatic carbocycles. The highest BCUT2D eigenvalue weighted by Gasteiger charge is 2.05. The van der Waals surface area contributed by atoms with Gasteiger partial charge in [0.05, 0.1) is 6.54 Å². The van der Waals surface area contributed by atoms with E-state index in [2.05, 4.69) is 54.5 Å². The van der Waals surface area contributed by atoms with E-state index in [-0.39, 0.29) is 0 Å². The third-order valence-electron chi connectivity index (χ3n) is 4.72. The van der Waals surface area contributed by atoms with Crippen molar-refractivity contribution in [1.29, 1.82) is 0 Å². The van der Waals surface area contributed by atoms with Gasteiger partial charge in [0.1, 0.15) is 5.82 Å². The SMILES string of the molecule is CN=C(NCCCCn1ccnc1C)NCc1ccccc1Cn1cccn1. The fraction of sp³-hybridized carbons (Fsp3) is 0.381. The van der Waals surface area contributed by atoms with E-state index in [1.54, 1.807) is 13.2 Å². The second-order valence-electron chi connectivity index (χ2n) is 6.70. The van der Waals surface area contributed by atoms with Crippen LogP contribution < -0.4 is 10.6 Å². The summed E-state index contributed by atoms with van der Waals surface area (Å²) in [7, 11) is 1.81. The molecule has 148 valence electrons. The Labute approximate surface area is 166 Å². The number of nitrogens with zero attached hydrogens (tertiary/aromatic N) is 5. The highest BCUT2D eigenvalue weighted by molar-refractivity contribution is 5.79. The first-order valence-electron chi connectivity index (χ1n) is 9.72. The number of benzene rings is 1. The Morgan fingerprint density at radius 2 is 1.89 bits per heavy atom. The lowest BCUT2D eigenvalue weighted by Crippen LogP contribution is -2.37. The topological polar surface area (TPSA) is 72.1 Å². The van der Waals surface area contributed by atoms with Crippen LogP contribution in [0.4, 0.5) is 0 Å². The van der Waals surface area contributed by atoms with E-state index >= 15 is 0 Å². The summed E-state index contributed by atoms with van der Waals surface area (Å²) >= 11 is 0. The number of unbranched alkanes of at least 4 members (excludes halogenated alkanes) is 1. The monoisotopic (exact) mass is 379 g/mol. The average Bonchev–Trinajstić information content (AvgIpc) is 3.37. The minimum absolute atomic E-state index is 0.728. The Bertz CT molecular complexity index is 865. The molecule has 0 atom stereocenters. The molecule has 7 heteroatoms. The van der Waals surface area contributed by atoms with Gasteiger partial charge in [-0.15, -0.1) is 0 Å². The molecular weight excluding hydrogens is 350 g/mol. The molecule has 0 saturated heterocycles. The molecular formula is C21H29N7. The smallest absolute Gasteiger partial charge is 0.191 e. The third kappa shape index (κ3) is 5.70. The average molecular weight is 380 g/mol. The van der Waals surface area contributed by atoms with Gasteiger partial charge in [-0.25, -0.2) is 4.98 Å². The second kappa shape index (κ2) is 10.3. The van der Waals surface area contributed by atoms with E-state index < -0.39 is 0 Å². The van der Waals surface area contributed by atoms with E-state index in [0.717, 1.165) is 50.8 Å². The summed E-state index contributed by atoms with van der Waals surface area (Å²) in [5.41, 5.74) is 2.50. The van der Waals surface area contributed by atoms with Crippen molar-refractivity contribution in [2.45, 2.75) is 39.4 Å². The van der Waals surface area contributed by atoms with Crippen LogP contribution in [0.15, 0.2) is 60.1 Å². The molecule has 2 aromatic heterocycles. The van der Waals surface area contributed by atoms with Crippen LogP contribution in [0.5, 0.6) is 0 Å². The first kappa shape index (κ1) is 19.7. The summed E-state index contributed by atoms with van der Waals surface area (Å²) in [6, 6.07) is 10.4. The lowest BCUT2D eigenvalue weighted by atomic mass is 10.1. The first-order valence-corrected chi connectivity index (χ1v) is 9.72. The number of aryl methyl sites for hydroxylation is 2. The first-order chi connectivity index (χ1) is 13.8. The Morgan fingerprint density at radius 3 is 2.61 bits per heavy atom. The predicted molar refractivity (Wildman–Crippen MR) is 112 cm³/mol. The van der Waals surface area contributed by atoms with Gasteiger partial charge in [0.25, 0.3) is 0 Å². The number of aliphatic imine (C=N–C) groups is 1. The maximum Gasteiger partial charge on any atom is 0.191 e. The van der Waals surface area contributed by atoms with Crippen LogP contribution in [0.2, 0.25) is 0 Å². The summed E-state index contributed by atoms with van der Waals surface area (Å²) in [5.74, 6) is 1.90. The molecule has 0 unspecified atom stereocenters. The van der Waals surface area contributed by atoms with Crippen LogP contribution in [0.25, 0.3) is 0 Å². The van der Waals surface area contributed by atoms with Crippen LogP contribution in [0.1, 0.15) is 29.8 Å². The molecule has 0 bridgehead atoms. The highest BCUT2D eigenvalue weighted by atomic mass is 15.3. The Kier molecular flexibility index (Phi) is 7.23. The van der Waals surface area contributed by atoms with Gasteiger partial charge in [-0.05, 0) is 37.0 Å². The molecule has 2 heterocycles. The maximum absolute atomic E-state index is 4.33. The molecule has 3 aromatic rings. The normalized spacial score (nSPS) is 11.6. The minimum atomic E-state index is 0.728. The predicted octanol–water partition coefficient (Wildman–Crippen LogP) is 2.58. The molecule has 0 aliphatic heterocycles. The van der Waals surface area contributed by atoms with Crippen LogP contribution in [0, 0.1) is 6.92 Å². The van der Waals surface area contributed by atoms with E-state index in [0.29, 0.717) is 0 Å². The van der Waals surface area contributed by atoms with Gasteiger partial charge < -0.3 is 15.2 Å². The summed E-state index contributed by atoms with van der Waals surface area (Å²) < 4.78 is 4.12. The van der Waals surface area contributed by atoms with E-state index in [1.807, 2.05) is 36.3 Å². The van der Waals surface area contributed by atoms with Crippen LogP contribution in [0.3, 0.4) is 0 Å². The van der Waals surface area contributed by atoms with Crippen LogP contribution in [-0.2, 0) is 19.6 Å². The zero-order chi connectivity index (χ0) is 19.6. The molecule has 28 heavy (non-hydrogen) atoms. The summed E-state index contributed by atoms with van der Waals surface area (Å²) in [5, 5.41) is 11.1. The van der Waals surface area contributed by atoms with Crippen molar-refractivity contribution in [3.63, 3.8) is 0 Å². The molecule has 0 fully saturated rings. The number of imidazole rings is 1. The van der Waals surface area contributed by atoms with Crippen molar-refractivity contribution < 1.29 is 0 Å². The van der Waals surface area contributed by atoms with Crippen molar-refractivity contribution in [2.24, 2.45) is 4.99 Å². The Balaban J connectivity index is 1.42. The molecule has 0 spiro atoms. The molecule has 1 aromatic carbocycles. The van der Waals surface area contributed by atoms with Gasteiger partial charge in [-0.3, -0.25) is 9.67 Å². The molecule has 3 rings (SSSR count). The van der Waals surface area contributed by atoms with E-state index in [9.17, 15) is 0 Å². The number of hydrogen-bond acceptors (Lipinski definition) is 3. The van der Waals surface area contributed by atoms with E-state index in [1.165, 1.54) is 11.1 Å². The van der Waals surface area contributed by atoms with E-state index in [4.69, 9.17) is 0 Å². The van der Waals surface area contributed by atoms with Gasteiger partial charge in [0.15, 0.2) is 5.96 Å². The second-order valence-corrected chi connectivity index (χ2v) is 6.70. The van der Waals surface area contributed by atoms with Crippen molar-refractivity contribution in [3.05, 3.63) is 72.1 Å². The largest absolute Gasteiger partial charge is 0.356 e. The van der Waals surface area contributed by atoms with Crippen molar-refractivity contribution in [1.82, 2.24) is 30.0 Å². The van der Waals surface area contributed by atoms with Gasteiger partial charge in [0, 0.05) is 51.5 Å². The fourth-order valence-corrected chi connectivity index (χ4v) is 3.11. The maximum atomic E-state index is 4.33. The lowest BCUT2D eigenvalue weighted by molar-refractivity contribution is 0.588. The molecule has 0 aliphatic rings. The number of aromatic nitrogens is 4. The quantitative estimate of drug-likeness (QED) is 0.341. The van der Waals surface area contributed by atoms with Crippen molar-refractivity contribution >= 4 is 5.96 Å². The van der Waals surface area contributed by atoms with Gasteiger partial charge >= 0.3 is 0 Å². The van der Waals surface area contributed by atoms with Gasteiger partial charge in [-0.2, -0.15) is 5.10 Å². The number of rotatable bonds is 9. The molecule has 0 amide bonds. The van der Waals surface area contributed by atoms with Crippen molar-refractivity contribution in [2.75, 3.05) is 13.6 Å². The standard InChI is InChI=1S/C21H29N7/c1-18-23-12-15-27(18)13-6-5-10-24-21(22-2)25-16-19-8-3-4-9-20(19)17-28-14-7-11-26-28/h3-4,7-9,11-12,14-15H,5-6,10,13,16-17H2,1-2H3,(H2,22,24,25). The number of guanidine groups is 1. The molecule has 2 N–H and O–H groups in total. The zero-order valence-electron chi connectivity index (χ0n) is 16.7. The summed E-state index contributed by atoms with van der Waals surface area (Å²) in [6.45, 7) is 5.42. The molecule has 7 nitrogen and oxygen atoms in total. The number of nitrogens with one attached hydrogen (secondary N) is 2. The van der Waals surface area contributed by atoms with Gasteiger partial charge in [0.2, 0.25) is 0 Å². The van der Waals surface area contributed by atoms with Gasteiger partial charge in [-0.1, -0.05) is 24.3 Å². The highest BCUT2D eigenvalue weighted by Crippen LogP contribution is 2.10. The lowest BCUT2D eigenvalue weighted by Gasteiger charge is -2.14.